The number of likely N-dealkylation sites (tertiary alicyclic amines) is 1. The molecule has 0 spiro atoms. The smallest absolute Gasteiger partial charge is 0.253 e. The summed E-state index contributed by atoms with van der Waals surface area (Å²) in [6.07, 6.45) is 7.40. The number of aromatic nitrogens is 2. The Morgan fingerprint density at radius 2 is 2.11 bits per heavy atom. The zero-order valence-electron chi connectivity index (χ0n) is 14.9. The summed E-state index contributed by atoms with van der Waals surface area (Å²) in [5.74, 6) is -0.136. The number of hydrogen-bond donors (Lipinski definition) is 2. The van der Waals surface area contributed by atoms with E-state index < -0.39 is 0 Å². The summed E-state index contributed by atoms with van der Waals surface area (Å²) in [6, 6.07) is 7.10. The summed E-state index contributed by atoms with van der Waals surface area (Å²) >= 11 is 0. The molecule has 1 aromatic heterocycles. The highest BCUT2D eigenvalue weighted by Crippen LogP contribution is 2.16. The molecule has 2 aromatic rings. The first kappa shape index (κ1) is 23.0. The van der Waals surface area contributed by atoms with E-state index in [1.54, 1.807) is 41.7 Å². The van der Waals surface area contributed by atoms with Crippen molar-refractivity contribution in [1.29, 1.82) is 0 Å². The Bertz CT molecular complexity index is 739. The van der Waals surface area contributed by atoms with Crippen molar-refractivity contribution in [2.45, 2.75) is 31.8 Å². The number of nitrogens with zero attached hydrogens (tertiary/aromatic N) is 3. The van der Waals surface area contributed by atoms with Crippen molar-refractivity contribution in [1.82, 2.24) is 14.5 Å². The molecule has 1 aromatic carbocycles. The number of nitrogens with one attached hydrogen (secondary N) is 1. The summed E-state index contributed by atoms with van der Waals surface area (Å²) in [4.78, 5) is 30.4. The fourth-order valence-corrected chi connectivity index (χ4v) is 2.98. The highest BCUT2D eigenvalue weighted by molar-refractivity contribution is 5.97. The SMILES string of the molecule is Cl.Cl.NC1CCCN(C(=O)c2cccc(NC(=O)CCn3ccnc3)c2)C1. The Labute approximate surface area is 171 Å². The lowest BCUT2D eigenvalue weighted by atomic mass is 10.1. The Morgan fingerprint density at radius 1 is 1.30 bits per heavy atom. The third kappa shape index (κ3) is 6.53. The monoisotopic (exact) mass is 413 g/mol. The Kier molecular flexibility index (Phi) is 9.28. The van der Waals surface area contributed by atoms with E-state index in [9.17, 15) is 9.59 Å². The Balaban J connectivity index is 0.00000182. The van der Waals surface area contributed by atoms with Crippen LogP contribution in [0.5, 0.6) is 0 Å². The van der Waals surface area contributed by atoms with Gasteiger partial charge in [0.05, 0.1) is 6.33 Å². The van der Waals surface area contributed by atoms with Crippen molar-refractivity contribution >= 4 is 42.3 Å². The van der Waals surface area contributed by atoms with E-state index in [0.717, 1.165) is 19.4 Å². The molecular formula is C18H25Cl2N5O2. The van der Waals surface area contributed by atoms with Gasteiger partial charge in [-0.15, -0.1) is 24.8 Å². The van der Waals surface area contributed by atoms with Gasteiger partial charge in [0.15, 0.2) is 0 Å². The Morgan fingerprint density at radius 3 is 2.81 bits per heavy atom. The van der Waals surface area contributed by atoms with Crippen molar-refractivity contribution < 1.29 is 9.59 Å². The summed E-state index contributed by atoms with van der Waals surface area (Å²) < 4.78 is 1.85. The van der Waals surface area contributed by atoms with E-state index in [1.165, 1.54) is 0 Å². The molecule has 2 heterocycles. The number of carbonyl (C=O) groups excluding carboxylic acids is 2. The van der Waals surface area contributed by atoms with Crippen LogP contribution in [0.15, 0.2) is 43.0 Å². The predicted molar refractivity (Wildman–Crippen MR) is 110 cm³/mol. The van der Waals surface area contributed by atoms with E-state index in [2.05, 4.69) is 10.3 Å². The lowest BCUT2D eigenvalue weighted by Crippen LogP contribution is -2.45. The molecule has 1 unspecified atom stereocenters. The van der Waals surface area contributed by atoms with Crippen molar-refractivity contribution in [2.24, 2.45) is 5.73 Å². The van der Waals surface area contributed by atoms with Gasteiger partial charge in [-0.3, -0.25) is 9.59 Å². The fraction of sp³-hybridized carbons (Fsp3) is 0.389. The Hall–Kier alpha value is -2.09. The van der Waals surface area contributed by atoms with Gasteiger partial charge < -0.3 is 20.5 Å². The maximum atomic E-state index is 12.6. The molecular weight excluding hydrogens is 389 g/mol. The second kappa shape index (κ2) is 10.9. The molecule has 0 bridgehead atoms. The second-order valence-corrected chi connectivity index (χ2v) is 6.33. The molecule has 7 nitrogen and oxygen atoms in total. The fourth-order valence-electron chi connectivity index (χ4n) is 2.98. The van der Waals surface area contributed by atoms with Crippen LogP contribution >= 0.6 is 24.8 Å². The number of nitrogens with two attached hydrogens (primary N) is 1. The van der Waals surface area contributed by atoms with Crippen molar-refractivity contribution in [3.63, 3.8) is 0 Å². The molecule has 148 valence electrons. The quantitative estimate of drug-likeness (QED) is 0.786. The minimum absolute atomic E-state index is 0. The van der Waals surface area contributed by atoms with Gasteiger partial charge >= 0.3 is 0 Å². The third-order valence-electron chi connectivity index (χ3n) is 4.29. The number of halogens is 2. The van der Waals surface area contributed by atoms with Crippen LogP contribution in [0.2, 0.25) is 0 Å². The summed E-state index contributed by atoms with van der Waals surface area (Å²) in [6.45, 7) is 1.88. The van der Waals surface area contributed by atoms with Gasteiger partial charge in [-0.2, -0.15) is 0 Å². The number of amides is 2. The number of rotatable bonds is 5. The summed E-state index contributed by atoms with van der Waals surface area (Å²) in [5, 5.41) is 2.84. The average molecular weight is 414 g/mol. The summed E-state index contributed by atoms with van der Waals surface area (Å²) in [7, 11) is 0. The first-order valence-corrected chi connectivity index (χ1v) is 8.52. The molecule has 2 amide bonds. The molecule has 1 saturated heterocycles. The van der Waals surface area contributed by atoms with Crippen molar-refractivity contribution in [3.05, 3.63) is 48.5 Å². The number of benzene rings is 1. The highest BCUT2D eigenvalue weighted by Gasteiger charge is 2.22. The van der Waals surface area contributed by atoms with Gasteiger partial charge in [0.1, 0.15) is 0 Å². The van der Waals surface area contributed by atoms with Crippen molar-refractivity contribution in [2.75, 3.05) is 18.4 Å². The topological polar surface area (TPSA) is 93.3 Å². The number of anilines is 1. The number of imidazole rings is 1. The van der Waals surface area contributed by atoms with Gasteiger partial charge in [0.2, 0.25) is 5.91 Å². The lowest BCUT2D eigenvalue weighted by Gasteiger charge is -2.30. The van der Waals surface area contributed by atoms with Crippen LogP contribution in [0.4, 0.5) is 5.69 Å². The standard InChI is InChI=1S/C18H23N5O2.2ClH/c19-15-4-2-8-23(12-15)18(25)14-3-1-5-16(11-14)21-17(24)6-9-22-10-7-20-13-22;;/h1,3,5,7,10-11,13,15H,2,4,6,8-9,12,19H2,(H,21,24);2*1H. The van der Waals surface area contributed by atoms with Crippen molar-refractivity contribution in [3.8, 4) is 0 Å². The molecule has 0 aliphatic carbocycles. The van der Waals surface area contributed by atoms with Gasteiger partial charge in [0, 0.05) is 55.7 Å². The van der Waals surface area contributed by atoms with E-state index >= 15 is 0 Å². The largest absolute Gasteiger partial charge is 0.337 e. The van der Waals surface area contributed by atoms with Gasteiger partial charge in [-0.25, -0.2) is 4.98 Å². The van der Waals surface area contributed by atoms with E-state index in [1.807, 2.05) is 10.8 Å². The predicted octanol–water partition coefficient (Wildman–Crippen LogP) is 2.32. The summed E-state index contributed by atoms with van der Waals surface area (Å²) in [5.41, 5.74) is 7.15. The lowest BCUT2D eigenvalue weighted by molar-refractivity contribution is -0.116. The highest BCUT2D eigenvalue weighted by atomic mass is 35.5. The van der Waals surface area contributed by atoms with Crippen LogP contribution in [0, 0.1) is 0 Å². The maximum absolute atomic E-state index is 12.6. The molecule has 3 rings (SSSR count). The zero-order valence-corrected chi connectivity index (χ0v) is 16.5. The minimum Gasteiger partial charge on any atom is -0.337 e. The van der Waals surface area contributed by atoms with Crippen LogP contribution in [-0.4, -0.2) is 45.4 Å². The van der Waals surface area contributed by atoms with Crippen LogP contribution in [-0.2, 0) is 11.3 Å². The van der Waals surface area contributed by atoms with E-state index in [0.29, 0.717) is 30.8 Å². The van der Waals surface area contributed by atoms with Gasteiger partial charge in [0.25, 0.3) is 5.91 Å². The van der Waals surface area contributed by atoms with Crippen LogP contribution in [0.1, 0.15) is 29.6 Å². The molecule has 27 heavy (non-hydrogen) atoms. The third-order valence-corrected chi connectivity index (χ3v) is 4.29. The van der Waals surface area contributed by atoms with Gasteiger partial charge in [-0.1, -0.05) is 6.07 Å². The number of aryl methyl sites for hydroxylation is 1. The second-order valence-electron chi connectivity index (χ2n) is 6.33. The molecule has 3 N–H and O–H groups in total. The van der Waals surface area contributed by atoms with Gasteiger partial charge in [-0.05, 0) is 31.0 Å². The van der Waals surface area contributed by atoms with Crippen LogP contribution in [0.3, 0.4) is 0 Å². The first-order valence-electron chi connectivity index (χ1n) is 8.52. The maximum Gasteiger partial charge on any atom is 0.253 e. The number of piperidine rings is 1. The molecule has 0 radical (unpaired) electrons. The molecule has 0 saturated carbocycles. The minimum atomic E-state index is -0.0988. The molecule has 1 aliphatic heterocycles. The van der Waals surface area contributed by atoms with Crippen LogP contribution in [0.25, 0.3) is 0 Å². The molecule has 1 aliphatic rings. The zero-order chi connectivity index (χ0) is 17.6. The number of hydrogen-bond acceptors (Lipinski definition) is 4. The average Bonchev–Trinajstić information content (AvgIpc) is 3.13. The van der Waals surface area contributed by atoms with E-state index in [4.69, 9.17) is 5.73 Å². The van der Waals surface area contributed by atoms with Crippen LogP contribution < -0.4 is 11.1 Å². The first-order chi connectivity index (χ1) is 12.1. The number of carbonyl (C=O) groups is 2. The van der Waals surface area contributed by atoms with E-state index in [-0.39, 0.29) is 42.7 Å². The molecule has 1 atom stereocenters. The molecule has 1 fully saturated rings. The molecule has 9 heteroatoms. The normalized spacial score (nSPS) is 16.0.